The average molecular weight is 359 g/mol. The fourth-order valence-corrected chi connectivity index (χ4v) is 3.58. The molecule has 3 rings (SSSR count). The second-order valence-electron chi connectivity index (χ2n) is 5.91. The molecule has 132 valence electrons. The minimum Gasteiger partial charge on any atom is -0.496 e. The fraction of sp³-hybridized carbons (Fsp3) is 0.389. The molecule has 0 radical (unpaired) electrons. The van der Waals surface area contributed by atoms with Gasteiger partial charge in [-0.3, -0.25) is 9.59 Å². The summed E-state index contributed by atoms with van der Waals surface area (Å²) < 4.78 is 5.35. The number of hydrogen-bond donors (Lipinski definition) is 1. The van der Waals surface area contributed by atoms with E-state index in [0.29, 0.717) is 18.1 Å². The maximum Gasteiger partial charge on any atom is 0.245 e. The Morgan fingerprint density at radius 2 is 2.16 bits per heavy atom. The van der Waals surface area contributed by atoms with E-state index in [1.165, 1.54) is 11.3 Å². The molecule has 0 bridgehead atoms. The number of likely N-dealkylation sites (tertiary alicyclic amines) is 1. The molecule has 2 amide bonds. The van der Waals surface area contributed by atoms with E-state index in [2.05, 4.69) is 10.3 Å². The van der Waals surface area contributed by atoms with E-state index >= 15 is 0 Å². The van der Waals surface area contributed by atoms with Gasteiger partial charge in [0, 0.05) is 23.9 Å². The van der Waals surface area contributed by atoms with Gasteiger partial charge in [-0.05, 0) is 25.0 Å². The number of carbonyl (C=O) groups excluding carboxylic acids is 2. The Balaban J connectivity index is 1.64. The molecule has 25 heavy (non-hydrogen) atoms. The number of nitrogens with zero attached hydrogens (tertiary/aromatic N) is 2. The molecule has 2 aromatic rings. The lowest BCUT2D eigenvalue weighted by Gasteiger charge is -2.19. The van der Waals surface area contributed by atoms with Gasteiger partial charge in [0.2, 0.25) is 11.8 Å². The molecule has 0 atom stereocenters. The summed E-state index contributed by atoms with van der Waals surface area (Å²) in [6.07, 6.45) is 3.43. The van der Waals surface area contributed by atoms with Crippen molar-refractivity contribution in [3.05, 3.63) is 29.6 Å². The molecule has 6 nitrogen and oxygen atoms in total. The topological polar surface area (TPSA) is 71.5 Å². The molecular weight excluding hydrogens is 338 g/mol. The molecule has 1 aliphatic heterocycles. The molecule has 0 spiro atoms. The number of rotatable bonds is 5. The Labute approximate surface area is 150 Å². The van der Waals surface area contributed by atoms with Crippen molar-refractivity contribution in [3.8, 4) is 17.0 Å². The average Bonchev–Trinajstić information content (AvgIpc) is 2.98. The van der Waals surface area contributed by atoms with Crippen LogP contribution in [0.5, 0.6) is 5.75 Å². The molecular formula is C18H21N3O3S. The summed E-state index contributed by atoms with van der Waals surface area (Å²) in [6, 6.07) is 7.61. The van der Waals surface area contributed by atoms with Crippen LogP contribution in [0.4, 0.5) is 5.13 Å². The third kappa shape index (κ3) is 4.36. The van der Waals surface area contributed by atoms with Crippen molar-refractivity contribution in [1.82, 2.24) is 9.88 Å². The van der Waals surface area contributed by atoms with Crippen LogP contribution in [0.25, 0.3) is 11.3 Å². The van der Waals surface area contributed by atoms with Gasteiger partial charge in [0.15, 0.2) is 5.13 Å². The normalized spacial score (nSPS) is 14.9. The summed E-state index contributed by atoms with van der Waals surface area (Å²) in [5.41, 5.74) is 1.63. The lowest BCUT2D eigenvalue weighted by atomic mass is 10.1. The van der Waals surface area contributed by atoms with Gasteiger partial charge in [-0.1, -0.05) is 18.6 Å². The van der Waals surface area contributed by atoms with Gasteiger partial charge in [0.05, 0.1) is 19.3 Å². The van der Waals surface area contributed by atoms with Crippen LogP contribution >= 0.6 is 11.3 Å². The number of amides is 2. The molecule has 1 fully saturated rings. The Bertz CT molecular complexity index is 760. The molecule has 1 aromatic carbocycles. The zero-order valence-corrected chi connectivity index (χ0v) is 15.0. The molecule has 1 N–H and O–H groups in total. The number of anilines is 1. The second kappa shape index (κ2) is 8.11. The minimum atomic E-state index is -0.212. The number of carbonyl (C=O) groups is 2. The van der Waals surface area contributed by atoms with Gasteiger partial charge in [0.25, 0.3) is 0 Å². The zero-order valence-electron chi connectivity index (χ0n) is 14.2. The molecule has 7 heteroatoms. The molecule has 0 aliphatic carbocycles. The van der Waals surface area contributed by atoms with Crippen LogP contribution in [0.3, 0.4) is 0 Å². The summed E-state index contributed by atoms with van der Waals surface area (Å²) >= 11 is 1.36. The highest BCUT2D eigenvalue weighted by Crippen LogP contribution is 2.31. The maximum atomic E-state index is 12.2. The van der Waals surface area contributed by atoms with Crippen LogP contribution in [0.1, 0.15) is 25.7 Å². The van der Waals surface area contributed by atoms with Gasteiger partial charge >= 0.3 is 0 Å². The van der Waals surface area contributed by atoms with Gasteiger partial charge in [-0.15, -0.1) is 11.3 Å². The quantitative estimate of drug-likeness (QED) is 0.890. The standard InChI is InChI=1S/C18H21N3O3S/c1-24-15-8-5-4-7-13(15)14-12-25-18(19-14)20-16(22)11-21-10-6-2-3-9-17(21)23/h4-5,7-8,12H,2-3,6,9-11H2,1H3,(H,19,20,22). The van der Waals surface area contributed by atoms with Crippen molar-refractivity contribution in [2.75, 3.05) is 25.5 Å². The van der Waals surface area contributed by atoms with E-state index in [1.54, 1.807) is 12.0 Å². The van der Waals surface area contributed by atoms with Crippen LogP contribution in [-0.2, 0) is 9.59 Å². The second-order valence-corrected chi connectivity index (χ2v) is 6.77. The maximum absolute atomic E-state index is 12.2. The van der Waals surface area contributed by atoms with Crippen LogP contribution < -0.4 is 10.1 Å². The summed E-state index contributed by atoms with van der Waals surface area (Å²) in [5, 5.41) is 5.19. The van der Waals surface area contributed by atoms with Crippen LogP contribution in [-0.4, -0.2) is 41.9 Å². The lowest BCUT2D eigenvalue weighted by Crippen LogP contribution is -2.37. The van der Waals surface area contributed by atoms with E-state index in [1.807, 2.05) is 29.6 Å². The number of thiazole rings is 1. The van der Waals surface area contributed by atoms with Crippen molar-refractivity contribution in [2.45, 2.75) is 25.7 Å². The Morgan fingerprint density at radius 1 is 1.32 bits per heavy atom. The Kier molecular flexibility index (Phi) is 5.65. The number of methoxy groups -OCH3 is 1. The van der Waals surface area contributed by atoms with Crippen molar-refractivity contribution < 1.29 is 14.3 Å². The number of hydrogen-bond acceptors (Lipinski definition) is 5. The van der Waals surface area contributed by atoms with Gasteiger partial charge in [-0.2, -0.15) is 0 Å². The first-order valence-electron chi connectivity index (χ1n) is 8.34. The van der Waals surface area contributed by atoms with E-state index in [9.17, 15) is 9.59 Å². The lowest BCUT2D eigenvalue weighted by molar-refractivity contribution is -0.134. The van der Waals surface area contributed by atoms with E-state index < -0.39 is 0 Å². The molecule has 0 saturated carbocycles. The third-order valence-electron chi connectivity index (χ3n) is 4.14. The summed E-state index contributed by atoms with van der Waals surface area (Å²) in [4.78, 5) is 30.3. The Hall–Kier alpha value is -2.41. The predicted octanol–water partition coefficient (Wildman–Crippen LogP) is 3.16. The highest BCUT2D eigenvalue weighted by Gasteiger charge is 2.20. The highest BCUT2D eigenvalue weighted by atomic mass is 32.1. The summed E-state index contributed by atoms with van der Waals surface area (Å²) in [6.45, 7) is 0.735. The van der Waals surface area contributed by atoms with E-state index in [0.717, 1.165) is 36.3 Å². The SMILES string of the molecule is COc1ccccc1-c1csc(NC(=O)CN2CCCCCC2=O)n1. The Morgan fingerprint density at radius 3 is 3.00 bits per heavy atom. The van der Waals surface area contributed by atoms with E-state index in [4.69, 9.17) is 4.74 Å². The number of ether oxygens (including phenoxy) is 1. The monoisotopic (exact) mass is 359 g/mol. The van der Waals surface area contributed by atoms with Crippen LogP contribution in [0, 0.1) is 0 Å². The first-order valence-corrected chi connectivity index (χ1v) is 9.22. The van der Waals surface area contributed by atoms with Crippen molar-refractivity contribution >= 4 is 28.3 Å². The third-order valence-corrected chi connectivity index (χ3v) is 4.90. The van der Waals surface area contributed by atoms with Crippen molar-refractivity contribution in [3.63, 3.8) is 0 Å². The van der Waals surface area contributed by atoms with Crippen LogP contribution in [0.2, 0.25) is 0 Å². The largest absolute Gasteiger partial charge is 0.496 e. The smallest absolute Gasteiger partial charge is 0.245 e. The van der Waals surface area contributed by atoms with Gasteiger partial charge in [0.1, 0.15) is 5.75 Å². The number of para-hydroxylation sites is 1. The number of benzene rings is 1. The fourth-order valence-electron chi connectivity index (χ4n) is 2.85. The molecule has 2 heterocycles. The molecule has 0 unspecified atom stereocenters. The van der Waals surface area contributed by atoms with Crippen molar-refractivity contribution in [2.24, 2.45) is 0 Å². The van der Waals surface area contributed by atoms with Gasteiger partial charge in [-0.25, -0.2) is 4.98 Å². The number of nitrogens with one attached hydrogen (secondary N) is 1. The minimum absolute atomic E-state index is 0.0569. The predicted molar refractivity (Wildman–Crippen MR) is 97.8 cm³/mol. The van der Waals surface area contributed by atoms with Crippen LogP contribution in [0.15, 0.2) is 29.6 Å². The zero-order chi connectivity index (χ0) is 17.6. The first-order chi connectivity index (χ1) is 12.2. The van der Waals surface area contributed by atoms with Crippen molar-refractivity contribution in [1.29, 1.82) is 0 Å². The summed E-state index contributed by atoms with van der Waals surface area (Å²) in [7, 11) is 1.62. The highest BCUT2D eigenvalue weighted by molar-refractivity contribution is 7.14. The molecule has 1 saturated heterocycles. The summed E-state index contributed by atoms with van der Waals surface area (Å²) in [5.74, 6) is 0.582. The molecule has 1 aromatic heterocycles. The molecule has 1 aliphatic rings. The number of aromatic nitrogens is 1. The first kappa shape index (κ1) is 17.4. The van der Waals surface area contributed by atoms with E-state index in [-0.39, 0.29) is 18.4 Å². The van der Waals surface area contributed by atoms with Gasteiger partial charge < -0.3 is 15.0 Å².